The number of nitrogens with zero attached hydrogens (tertiary/aromatic N) is 4. The number of aryl methyl sites for hydroxylation is 3. The lowest BCUT2D eigenvalue weighted by Gasteiger charge is -2.07. The normalized spacial score (nSPS) is 11.5. The monoisotopic (exact) mass is 417 g/mol. The van der Waals surface area contributed by atoms with Crippen molar-refractivity contribution < 1.29 is 18.0 Å². The quantitative estimate of drug-likeness (QED) is 0.511. The minimum absolute atomic E-state index is 0.181. The maximum atomic E-state index is 13.7. The van der Waals surface area contributed by atoms with Crippen LogP contribution in [-0.4, -0.2) is 25.7 Å². The van der Waals surface area contributed by atoms with E-state index >= 15 is 0 Å². The number of nitrogens with one attached hydrogen (secondary N) is 1. The lowest BCUT2D eigenvalue weighted by molar-refractivity contribution is -0.116. The molecule has 0 spiro atoms. The molecule has 10 heteroatoms. The second-order valence-electron chi connectivity index (χ2n) is 6.53. The second-order valence-corrected chi connectivity index (χ2v) is 7.73. The fourth-order valence-electron chi connectivity index (χ4n) is 3.04. The van der Waals surface area contributed by atoms with Crippen molar-refractivity contribution in [2.45, 2.75) is 33.7 Å². The van der Waals surface area contributed by atoms with Crippen molar-refractivity contribution in [2.75, 3.05) is 5.32 Å². The maximum Gasteiger partial charge on any atom is 0.264 e. The molecule has 0 saturated heterocycles. The topological polar surface area (TPSA) is 85.8 Å². The summed E-state index contributed by atoms with van der Waals surface area (Å²) >= 11 is 1.37. The summed E-state index contributed by atoms with van der Waals surface area (Å²) in [5, 5.41) is 7.71. The summed E-state index contributed by atoms with van der Waals surface area (Å²) in [6, 6.07) is 4.58. The lowest BCUT2D eigenvalue weighted by Crippen LogP contribution is -2.19. The maximum absolute atomic E-state index is 13.7. The zero-order valence-corrected chi connectivity index (χ0v) is 16.7. The van der Waals surface area contributed by atoms with Crippen molar-refractivity contribution in [2.24, 2.45) is 0 Å². The first kappa shape index (κ1) is 19.2. The highest BCUT2D eigenvalue weighted by Crippen LogP contribution is 2.33. The molecule has 0 aliphatic carbocycles. The van der Waals surface area contributed by atoms with Gasteiger partial charge in [-0.25, -0.2) is 23.4 Å². The molecule has 7 nitrogen and oxygen atoms in total. The van der Waals surface area contributed by atoms with E-state index in [9.17, 15) is 13.6 Å². The van der Waals surface area contributed by atoms with Crippen LogP contribution in [0.1, 0.15) is 28.3 Å². The van der Waals surface area contributed by atoms with Gasteiger partial charge in [-0.1, -0.05) is 0 Å². The number of amides is 1. The SMILES string of the molecule is Cc1nc(NC(=O)Cn2nc(C)c3c(C(F)F)cc(-c4ccco4)nc32)sc1C. The molecule has 0 aromatic carbocycles. The first-order valence-electron chi connectivity index (χ1n) is 8.77. The van der Waals surface area contributed by atoms with Gasteiger partial charge in [-0.3, -0.25) is 4.79 Å². The van der Waals surface area contributed by atoms with E-state index in [1.807, 2.05) is 13.8 Å². The molecule has 1 N–H and O–H groups in total. The van der Waals surface area contributed by atoms with Crippen LogP contribution >= 0.6 is 11.3 Å². The zero-order chi connectivity index (χ0) is 20.7. The zero-order valence-electron chi connectivity index (χ0n) is 15.9. The van der Waals surface area contributed by atoms with E-state index in [4.69, 9.17) is 4.42 Å². The number of furan rings is 1. The van der Waals surface area contributed by atoms with E-state index in [0.717, 1.165) is 10.6 Å². The van der Waals surface area contributed by atoms with Crippen LogP contribution in [0.4, 0.5) is 13.9 Å². The Labute approximate surface area is 168 Å². The molecule has 0 atom stereocenters. The summed E-state index contributed by atoms with van der Waals surface area (Å²) in [4.78, 5) is 22.2. The molecule has 0 saturated carbocycles. The lowest BCUT2D eigenvalue weighted by atomic mass is 10.1. The number of halogens is 2. The standard InChI is InChI=1S/C19H17F2N5O2S/c1-9-11(3)29-19(22-9)24-15(27)8-26-18-16(10(2)25-26)12(17(20)21)7-13(23-18)14-5-4-6-28-14/h4-7,17H,8H2,1-3H3,(H,22,24,27). The number of hydrogen-bond donors (Lipinski definition) is 1. The molecular formula is C19H17F2N5O2S. The molecular weight excluding hydrogens is 400 g/mol. The Morgan fingerprint density at radius 2 is 2.07 bits per heavy atom. The Hall–Kier alpha value is -3.14. The van der Waals surface area contributed by atoms with Gasteiger partial charge in [0.2, 0.25) is 5.91 Å². The third-order valence-electron chi connectivity index (χ3n) is 4.48. The van der Waals surface area contributed by atoms with Crippen LogP contribution in [0.2, 0.25) is 0 Å². The van der Waals surface area contributed by atoms with Crippen molar-refractivity contribution in [1.29, 1.82) is 0 Å². The predicted octanol–water partition coefficient (Wildman–Crippen LogP) is 4.65. The summed E-state index contributed by atoms with van der Waals surface area (Å²) < 4.78 is 34.1. The van der Waals surface area contributed by atoms with Crippen LogP contribution < -0.4 is 5.32 Å². The minimum Gasteiger partial charge on any atom is -0.463 e. The molecule has 1 amide bonds. The first-order chi connectivity index (χ1) is 13.8. The molecule has 0 aliphatic heterocycles. The van der Waals surface area contributed by atoms with Gasteiger partial charge >= 0.3 is 0 Å². The van der Waals surface area contributed by atoms with Gasteiger partial charge in [-0.15, -0.1) is 11.3 Å². The van der Waals surface area contributed by atoms with E-state index in [0.29, 0.717) is 16.6 Å². The van der Waals surface area contributed by atoms with E-state index in [1.54, 1.807) is 19.1 Å². The highest BCUT2D eigenvalue weighted by atomic mass is 32.1. The molecule has 0 bridgehead atoms. The Bertz CT molecular complexity index is 1180. The molecule has 0 aliphatic rings. The van der Waals surface area contributed by atoms with Crippen LogP contribution in [0, 0.1) is 20.8 Å². The predicted molar refractivity (Wildman–Crippen MR) is 105 cm³/mol. The molecule has 4 heterocycles. The third-order valence-corrected chi connectivity index (χ3v) is 5.47. The van der Waals surface area contributed by atoms with E-state index in [2.05, 4.69) is 20.4 Å². The molecule has 0 fully saturated rings. The highest BCUT2D eigenvalue weighted by molar-refractivity contribution is 7.15. The van der Waals surface area contributed by atoms with Gasteiger partial charge in [0.25, 0.3) is 6.43 Å². The fourth-order valence-corrected chi connectivity index (χ4v) is 3.87. The average molecular weight is 417 g/mol. The Morgan fingerprint density at radius 1 is 1.28 bits per heavy atom. The average Bonchev–Trinajstić information content (AvgIpc) is 3.36. The van der Waals surface area contributed by atoms with Gasteiger partial charge in [-0.05, 0) is 39.0 Å². The molecule has 150 valence electrons. The van der Waals surface area contributed by atoms with Crippen molar-refractivity contribution >= 4 is 33.4 Å². The number of anilines is 1. The van der Waals surface area contributed by atoms with E-state index in [1.165, 1.54) is 28.3 Å². The van der Waals surface area contributed by atoms with Gasteiger partial charge in [0.1, 0.15) is 12.2 Å². The van der Waals surface area contributed by atoms with Crippen LogP contribution in [-0.2, 0) is 11.3 Å². The van der Waals surface area contributed by atoms with Crippen molar-refractivity contribution in [1.82, 2.24) is 19.7 Å². The number of fused-ring (bicyclic) bond motifs is 1. The van der Waals surface area contributed by atoms with Crippen molar-refractivity contribution in [3.05, 3.63) is 46.3 Å². The van der Waals surface area contributed by atoms with Crippen LogP contribution in [0.25, 0.3) is 22.5 Å². The number of thiazole rings is 1. The summed E-state index contributed by atoms with van der Waals surface area (Å²) in [5.41, 5.74) is 1.48. The summed E-state index contributed by atoms with van der Waals surface area (Å²) in [6.07, 6.45) is -1.28. The molecule has 4 rings (SSSR count). The van der Waals surface area contributed by atoms with Gasteiger partial charge in [-0.2, -0.15) is 5.10 Å². The minimum atomic E-state index is -2.72. The number of hydrogen-bond acceptors (Lipinski definition) is 6. The van der Waals surface area contributed by atoms with Gasteiger partial charge in [0.15, 0.2) is 16.5 Å². The number of carbonyl (C=O) groups is 1. The van der Waals surface area contributed by atoms with Crippen molar-refractivity contribution in [3.8, 4) is 11.5 Å². The Kier molecular flexibility index (Phi) is 4.87. The second kappa shape index (κ2) is 7.36. The first-order valence-corrected chi connectivity index (χ1v) is 9.59. The molecule has 29 heavy (non-hydrogen) atoms. The van der Waals surface area contributed by atoms with Gasteiger partial charge < -0.3 is 9.73 Å². The summed E-state index contributed by atoms with van der Waals surface area (Å²) in [6.45, 7) is 5.21. The van der Waals surface area contributed by atoms with Crippen LogP contribution in [0.5, 0.6) is 0 Å². The largest absolute Gasteiger partial charge is 0.463 e. The summed E-state index contributed by atoms with van der Waals surface area (Å²) in [5.74, 6) is -0.00987. The number of aromatic nitrogens is 4. The van der Waals surface area contributed by atoms with Crippen LogP contribution in [0.3, 0.4) is 0 Å². The van der Waals surface area contributed by atoms with Crippen molar-refractivity contribution in [3.63, 3.8) is 0 Å². The van der Waals surface area contributed by atoms with Gasteiger partial charge in [0.05, 0.1) is 23.0 Å². The van der Waals surface area contributed by atoms with E-state index in [-0.39, 0.29) is 34.7 Å². The Morgan fingerprint density at radius 3 is 2.69 bits per heavy atom. The Balaban J connectivity index is 1.73. The molecule has 4 aromatic rings. The fraction of sp³-hybridized carbons (Fsp3) is 0.263. The number of alkyl halides is 2. The highest BCUT2D eigenvalue weighted by Gasteiger charge is 2.22. The molecule has 0 unspecified atom stereocenters. The smallest absolute Gasteiger partial charge is 0.264 e. The van der Waals surface area contributed by atoms with Gasteiger partial charge in [0, 0.05) is 10.4 Å². The molecule has 4 aromatic heterocycles. The number of rotatable bonds is 5. The third kappa shape index (κ3) is 3.63. The number of pyridine rings is 1. The van der Waals surface area contributed by atoms with Crippen LogP contribution in [0.15, 0.2) is 28.9 Å². The van der Waals surface area contributed by atoms with E-state index < -0.39 is 6.43 Å². The molecule has 0 radical (unpaired) electrons. The number of carbonyl (C=O) groups excluding carboxylic acids is 1. The summed E-state index contributed by atoms with van der Waals surface area (Å²) in [7, 11) is 0.